The van der Waals surface area contributed by atoms with Gasteiger partial charge in [-0.3, -0.25) is 0 Å². The Hall–Kier alpha value is -1.51. The Balaban J connectivity index is 2.13. The third-order valence-electron chi connectivity index (χ3n) is 8.69. The standard InChI is InChI=1S/C29H47NO2/c1-8-22-17-23(11-14-26(22)29(31)32)30(27-15-20(6)9-12-24(27)18(2)3)28-16-21(7)10-13-25(28)19(4)5/h11,14,17-21,24-25,27-28H,8-10,12-13,15-16H2,1-7H3,(H,31,32). The predicted octanol–water partition coefficient (Wildman–Crippen LogP) is 7.68. The number of carboxylic acids is 1. The number of carboxylic acid groups (broad SMARTS) is 1. The van der Waals surface area contributed by atoms with Crippen LogP contribution in [0.15, 0.2) is 18.2 Å². The summed E-state index contributed by atoms with van der Waals surface area (Å²) in [6.07, 6.45) is 8.54. The molecule has 2 aliphatic rings. The van der Waals surface area contributed by atoms with Crippen molar-refractivity contribution < 1.29 is 9.90 Å². The van der Waals surface area contributed by atoms with E-state index in [9.17, 15) is 9.90 Å². The number of hydrogen-bond donors (Lipinski definition) is 1. The highest BCUT2D eigenvalue weighted by Crippen LogP contribution is 2.45. The molecule has 2 fully saturated rings. The summed E-state index contributed by atoms with van der Waals surface area (Å²) in [4.78, 5) is 14.6. The number of nitrogens with zero attached hydrogens (tertiary/aromatic N) is 1. The summed E-state index contributed by atoms with van der Waals surface area (Å²) in [5, 5.41) is 9.71. The molecule has 0 bridgehead atoms. The molecule has 32 heavy (non-hydrogen) atoms. The molecule has 3 rings (SSSR count). The van der Waals surface area contributed by atoms with E-state index in [0.29, 0.717) is 41.3 Å². The van der Waals surface area contributed by atoms with Gasteiger partial charge in [-0.1, -0.05) is 61.3 Å². The predicted molar refractivity (Wildman–Crippen MR) is 136 cm³/mol. The molecule has 0 aliphatic heterocycles. The zero-order valence-electron chi connectivity index (χ0n) is 21.6. The number of anilines is 1. The maximum absolute atomic E-state index is 11.8. The molecule has 0 amide bonds. The molecule has 1 N–H and O–H groups in total. The van der Waals surface area contributed by atoms with Crippen molar-refractivity contribution in [2.24, 2.45) is 35.5 Å². The molecule has 2 aliphatic carbocycles. The van der Waals surface area contributed by atoms with E-state index in [0.717, 1.165) is 23.8 Å². The van der Waals surface area contributed by atoms with Crippen LogP contribution in [0, 0.1) is 35.5 Å². The highest BCUT2D eigenvalue weighted by molar-refractivity contribution is 5.90. The average molecular weight is 442 g/mol. The van der Waals surface area contributed by atoms with E-state index in [2.05, 4.69) is 65.5 Å². The molecule has 6 unspecified atom stereocenters. The fraction of sp³-hybridized carbons (Fsp3) is 0.759. The summed E-state index contributed by atoms with van der Waals surface area (Å²) in [6, 6.07) is 7.29. The lowest BCUT2D eigenvalue weighted by molar-refractivity contribution is 0.0695. The molecule has 1 aromatic rings. The first-order valence-electron chi connectivity index (χ1n) is 13.3. The van der Waals surface area contributed by atoms with Gasteiger partial charge in [-0.2, -0.15) is 0 Å². The van der Waals surface area contributed by atoms with Gasteiger partial charge < -0.3 is 10.0 Å². The van der Waals surface area contributed by atoms with Crippen molar-refractivity contribution in [3.63, 3.8) is 0 Å². The lowest BCUT2D eigenvalue weighted by Gasteiger charge is -2.53. The average Bonchev–Trinajstić information content (AvgIpc) is 2.73. The molecule has 0 heterocycles. The van der Waals surface area contributed by atoms with Gasteiger partial charge in [0, 0.05) is 17.8 Å². The summed E-state index contributed by atoms with van der Waals surface area (Å²) in [5.41, 5.74) is 2.70. The van der Waals surface area contributed by atoms with Gasteiger partial charge in [0.25, 0.3) is 0 Å². The fourth-order valence-electron chi connectivity index (χ4n) is 6.81. The second-order valence-electron chi connectivity index (χ2n) is 11.7. The van der Waals surface area contributed by atoms with Crippen molar-refractivity contribution in [3.05, 3.63) is 29.3 Å². The summed E-state index contributed by atoms with van der Waals surface area (Å²) in [6.45, 7) is 16.5. The first-order chi connectivity index (χ1) is 15.1. The van der Waals surface area contributed by atoms with Gasteiger partial charge in [0.15, 0.2) is 0 Å². The fourth-order valence-corrected chi connectivity index (χ4v) is 6.81. The SMILES string of the molecule is CCc1cc(N(C2CC(C)CCC2C(C)C)C2CC(C)CCC2C(C)C)ccc1C(=O)O. The quantitative estimate of drug-likeness (QED) is 0.472. The normalized spacial score (nSPS) is 31.2. The van der Waals surface area contributed by atoms with Crippen LogP contribution in [0.25, 0.3) is 0 Å². The van der Waals surface area contributed by atoms with E-state index in [1.165, 1.54) is 44.2 Å². The molecular weight excluding hydrogens is 394 g/mol. The Labute approximate surface area is 197 Å². The van der Waals surface area contributed by atoms with Crippen molar-refractivity contribution in [1.29, 1.82) is 0 Å². The second-order valence-corrected chi connectivity index (χ2v) is 11.7. The molecule has 0 radical (unpaired) electrons. The highest BCUT2D eigenvalue weighted by Gasteiger charge is 2.42. The minimum atomic E-state index is -0.808. The molecule has 0 spiro atoms. The van der Waals surface area contributed by atoms with Gasteiger partial charge in [-0.25, -0.2) is 4.79 Å². The molecule has 3 heteroatoms. The van der Waals surface area contributed by atoms with E-state index in [1.54, 1.807) is 0 Å². The molecule has 180 valence electrons. The van der Waals surface area contributed by atoms with Gasteiger partial charge >= 0.3 is 5.97 Å². The number of benzene rings is 1. The van der Waals surface area contributed by atoms with Crippen LogP contribution >= 0.6 is 0 Å². The summed E-state index contributed by atoms with van der Waals surface area (Å²) in [7, 11) is 0. The van der Waals surface area contributed by atoms with Crippen LogP contribution in [-0.4, -0.2) is 23.2 Å². The molecular formula is C29H47NO2. The Morgan fingerprint density at radius 1 is 0.938 bits per heavy atom. The van der Waals surface area contributed by atoms with Crippen LogP contribution in [-0.2, 0) is 6.42 Å². The van der Waals surface area contributed by atoms with E-state index >= 15 is 0 Å². The van der Waals surface area contributed by atoms with Crippen LogP contribution in [0.5, 0.6) is 0 Å². The van der Waals surface area contributed by atoms with Gasteiger partial charge in [0.2, 0.25) is 0 Å². The van der Waals surface area contributed by atoms with Crippen LogP contribution in [0.2, 0.25) is 0 Å². The smallest absolute Gasteiger partial charge is 0.335 e. The third-order valence-corrected chi connectivity index (χ3v) is 8.69. The zero-order valence-corrected chi connectivity index (χ0v) is 21.6. The van der Waals surface area contributed by atoms with Gasteiger partial charge in [0.1, 0.15) is 0 Å². The van der Waals surface area contributed by atoms with E-state index in [-0.39, 0.29) is 0 Å². The van der Waals surface area contributed by atoms with Crippen LogP contribution in [0.1, 0.15) is 103 Å². The molecule has 0 aromatic heterocycles. The lowest BCUT2D eigenvalue weighted by Crippen LogP contribution is -2.55. The monoisotopic (exact) mass is 441 g/mol. The molecule has 0 saturated heterocycles. The first kappa shape index (κ1) is 25.1. The molecule has 2 saturated carbocycles. The van der Waals surface area contributed by atoms with Crippen molar-refractivity contribution in [2.45, 2.75) is 105 Å². The Kier molecular flexibility index (Phi) is 8.33. The Bertz CT molecular complexity index is 738. The van der Waals surface area contributed by atoms with Crippen LogP contribution < -0.4 is 4.90 Å². The maximum atomic E-state index is 11.8. The van der Waals surface area contributed by atoms with Crippen LogP contribution in [0.3, 0.4) is 0 Å². The van der Waals surface area contributed by atoms with Gasteiger partial charge in [0.05, 0.1) is 5.56 Å². The molecule has 3 nitrogen and oxygen atoms in total. The Morgan fingerprint density at radius 2 is 1.44 bits per heavy atom. The van der Waals surface area contributed by atoms with E-state index < -0.39 is 5.97 Å². The topological polar surface area (TPSA) is 40.5 Å². The first-order valence-corrected chi connectivity index (χ1v) is 13.3. The number of carbonyl (C=O) groups is 1. The lowest BCUT2D eigenvalue weighted by atomic mass is 9.69. The van der Waals surface area contributed by atoms with Crippen molar-refractivity contribution in [1.82, 2.24) is 0 Å². The van der Waals surface area contributed by atoms with Crippen molar-refractivity contribution in [2.75, 3.05) is 4.90 Å². The Morgan fingerprint density at radius 3 is 1.84 bits per heavy atom. The highest BCUT2D eigenvalue weighted by atomic mass is 16.4. The minimum absolute atomic E-state index is 0.464. The zero-order chi connectivity index (χ0) is 23.6. The maximum Gasteiger partial charge on any atom is 0.335 e. The third kappa shape index (κ3) is 5.34. The minimum Gasteiger partial charge on any atom is -0.478 e. The van der Waals surface area contributed by atoms with E-state index in [4.69, 9.17) is 0 Å². The van der Waals surface area contributed by atoms with Crippen molar-refractivity contribution in [3.8, 4) is 0 Å². The molecule has 1 aromatic carbocycles. The number of rotatable bonds is 7. The van der Waals surface area contributed by atoms with Crippen LogP contribution in [0.4, 0.5) is 5.69 Å². The van der Waals surface area contributed by atoms with Gasteiger partial charge in [-0.05, 0) is 91.4 Å². The van der Waals surface area contributed by atoms with Gasteiger partial charge in [-0.15, -0.1) is 0 Å². The van der Waals surface area contributed by atoms with E-state index in [1.807, 2.05) is 6.07 Å². The van der Waals surface area contributed by atoms with Crippen molar-refractivity contribution >= 4 is 11.7 Å². The summed E-state index contributed by atoms with van der Waals surface area (Å²) in [5.74, 6) is 3.41. The summed E-state index contributed by atoms with van der Waals surface area (Å²) >= 11 is 0. The number of aromatic carboxylic acids is 1. The number of hydrogen-bond acceptors (Lipinski definition) is 2. The summed E-state index contributed by atoms with van der Waals surface area (Å²) < 4.78 is 0. The molecule has 6 atom stereocenters. The second kappa shape index (κ2) is 10.6. The number of aryl methyl sites for hydroxylation is 1. The largest absolute Gasteiger partial charge is 0.478 e.